The molecule has 5 aromatic rings. The molecular weight excluding hydrogens is 436 g/mol. The van der Waals surface area contributed by atoms with Gasteiger partial charge in [-0.2, -0.15) is 0 Å². The monoisotopic (exact) mass is 458 g/mol. The zero-order chi connectivity index (χ0) is 23.1. The van der Waals surface area contributed by atoms with Crippen LogP contribution in [0.2, 0.25) is 0 Å². The van der Waals surface area contributed by atoms with Gasteiger partial charge < -0.3 is 0 Å². The molecule has 0 aliphatic heterocycles. The summed E-state index contributed by atoms with van der Waals surface area (Å²) < 4.78 is 4.35. The van der Waals surface area contributed by atoms with Crippen molar-refractivity contribution in [2.45, 2.75) is 33.4 Å². The van der Waals surface area contributed by atoms with E-state index in [0.717, 1.165) is 16.0 Å². The maximum Gasteiger partial charge on any atom is 0.332 e. The van der Waals surface area contributed by atoms with Gasteiger partial charge >= 0.3 is 5.69 Å². The first-order valence-electron chi connectivity index (χ1n) is 10.7. The molecule has 0 saturated heterocycles. The predicted octanol–water partition coefficient (Wildman–Crippen LogP) is 3.14. The van der Waals surface area contributed by atoms with Crippen LogP contribution in [0.3, 0.4) is 0 Å². The number of pyridine rings is 1. The molecule has 166 valence electrons. The van der Waals surface area contributed by atoms with Crippen molar-refractivity contribution in [1.82, 2.24) is 18.5 Å². The molecule has 8 heteroatoms. The molecule has 4 aromatic heterocycles. The lowest BCUT2D eigenvalue weighted by Crippen LogP contribution is -2.40. The average Bonchev–Trinajstić information content (AvgIpc) is 3.11. The third-order valence-electron chi connectivity index (χ3n) is 5.94. The normalized spacial score (nSPS) is 11.5. The van der Waals surface area contributed by atoms with E-state index in [9.17, 15) is 14.4 Å². The Labute approximate surface area is 192 Å². The van der Waals surface area contributed by atoms with Crippen LogP contribution in [0.5, 0.6) is 0 Å². The summed E-state index contributed by atoms with van der Waals surface area (Å²) in [4.78, 5) is 45.6. The second-order valence-electron chi connectivity index (χ2n) is 8.04. The minimum atomic E-state index is -0.389. The van der Waals surface area contributed by atoms with Crippen molar-refractivity contribution in [3.63, 3.8) is 0 Å². The fraction of sp³-hybridized carbons (Fsp3) is 0.200. The van der Waals surface area contributed by atoms with Crippen LogP contribution in [0.1, 0.15) is 21.7 Å². The van der Waals surface area contributed by atoms with Gasteiger partial charge in [-0.25, -0.2) is 9.78 Å². The van der Waals surface area contributed by atoms with Gasteiger partial charge in [-0.15, -0.1) is 11.3 Å². The quantitative estimate of drug-likeness (QED) is 0.405. The summed E-state index contributed by atoms with van der Waals surface area (Å²) in [6, 6.07) is 16.6. The van der Waals surface area contributed by atoms with Gasteiger partial charge in [-0.3, -0.25) is 23.1 Å². The molecule has 0 spiro atoms. The van der Waals surface area contributed by atoms with Crippen LogP contribution in [0, 0.1) is 13.8 Å². The number of thiophene rings is 1. The molecule has 5 rings (SSSR count). The van der Waals surface area contributed by atoms with E-state index in [1.54, 1.807) is 22.9 Å². The Morgan fingerprint density at radius 3 is 2.48 bits per heavy atom. The summed E-state index contributed by atoms with van der Waals surface area (Å²) >= 11 is 1.42. The number of hydrogen-bond donors (Lipinski definition) is 0. The molecule has 0 atom stereocenters. The van der Waals surface area contributed by atoms with Crippen LogP contribution < -0.4 is 16.8 Å². The Balaban J connectivity index is 1.66. The zero-order valence-electron chi connectivity index (χ0n) is 18.3. The van der Waals surface area contributed by atoms with Crippen LogP contribution in [-0.2, 0) is 19.5 Å². The molecule has 7 nitrogen and oxygen atoms in total. The average molecular weight is 459 g/mol. The van der Waals surface area contributed by atoms with Crippen LogP contribution in [0.25, 0.3) is 15.9 Å². The Morgan fingerprint density at radius 1 is 0.939 bits per heavy atom. The topological polar surface area (TPSA) is 78.4 Å². The van der Waals surface area contributed by atoms with Gasteiger partial charge in [0, 0.05) is 23.7 Å². The molecule has 0 saturated carbocycles. The van der Waals surface area contributed by atoms with E-state index in [1.807, 2.05) is 50.2 Å². The summed E-state index contributed by atoms with van der Waals surface area (Å²) in [5, 5.41) is 0.558. The summed E-state index contributed by atoms with van der Waals surface area (Å²) in [7, 11) is 0. The van der Waals surface area contributed by atoms with E-state index >= 15 is 0 Å². The number of nitrogens with zero attached hydrogens (tertiary/aromatic N) is 4. The third-order valence-corrected chi connectivity index (χ3v) is 7.17. The standard InChI is InChI=1S/C25H22N4O3S/c1-16-17(2)33-24-22(16)23(31)28(13-11-18-8-4-3-5-9-18)25(32)29(24)15-19-14-21(30)27-12-7-6-10-20(27)26-19/h3-10,12,14H,11,13,15H2,1-2H3. The van der Waals surface area contributed by atoms with Gasteiger partial charge in [-0.05, 0) is 43.5 Å². The van der Waals surface area contributed by atoms with Crippen LogP contribution in [0.15, 0.2) is 75.2 Å². The highest BCUT2D eigenvalue weighted by Crippen LogP contribution is 2.27. The first kappa shape index (κ1) is 21.1. The Kier molecular flexibility index (Phi) is 5.30. The van der Waals surface area contributed by atoms with E-state index < -0.39 is 0 Å². The smallest absolute Gasteiger partial charge is 0.278 e. The molecule has 0 radical (unpaired) electrons. The lowest BCUT2D eigenvalue weighted by molar-refractivity contribution is 0.588. The maximum absolute atomic E-state index is 13.5. The molecule has 33 heavy (non-hydrogen) atoms. The minimum absolute atomic E-state index is 0.112. The number of benzene rings is 1. The van der Waals surface area contributed by atoms with Crippen molar-refractivity contribution in [2.75, 3.05) is 0 Å². The van der Waals surface area contributed by atoms with E-state index in [-0.39, 0.29) is 29.9 Å². The molecule has 1 aromatic carbocycles. The molecule has 0 bridgehead atoms. The second-order valence-corrected chi connectivity index (χ2v) is 9.24. The van der Waals surface area contributed by atoms with E-state index in [0.29, 0.717) is 28.0 Å². The van der Waals surface area contributed by atoms with Crippen molar-refractivity contribution in [3.05, 3.63) is 114 Å². The van der Waals surface area contributed by atoms with Crippen LogP contribution in [-0.4, -0.2) is 18.5 Å². The highest BCUT2D eigenvalue weighted by Gasteiger charge is 2.19. The largest absolute Gasteiger partial charge is 0.332 e. The number of aromatic nitrogens is 4. The molecule has 4 heterocycles. The minimum Gasteiger partial charge on any atom is -0.278 e. The molecule has 0 unspecified atom stereocenters. The van der Waals surface area contributed by atoms with Crippen LogP contribution >= 0.6 is 11.3 Å². The zero-order valence-corrected chi connectivity index (χ0v) is 19.1. The Bertz CT molecular complexity index is 1680. The van der Waals surface area contributed by atoms with Crippen molar-refractivity contribution < 1.29 is 0 Å². The maximum atomic E-state index is 13.5. The Hall–Kier alpha value is -3.78. The Morgan fingerprint density at radius 2 is 1.70 bits per heavy atom. The number of hydrogen-bond acceptors (Lipinski definition) is 5. The van der Waals surface area contributed by atoms with E-state index in [2.05, 4.69) is 4.98 Å². The highest BCUT2D eigenvalue weighted by molar-refractivity contribution is 7.18. The highest BCUT2D eigenvalue weighted by atomic mass is 32.1. The first-order chi connectivity index (χ1) is 15.9. The molecule has 0 N–H and O–H groups in total. The van der Waals surface area contributed by atoms with Gasteiger partial charge in [0.05, 0.1) is 17.6 Å². The molecule has 0 fully saturated rings. The summed E-state index contributed by atoms with van der Waals surface area (Å²) in [6.45, 7) is 4.25. The van der Waals surface area contributed by atoms with Gasteiger partial charge in [0.25, 0.3) is 11.1 Å². The lowest BCUT2D eigenvalue weighted by atomic mass is 10.1. The first-order valence-corrected chi connectivity index (χ1v) is 11.5. The van der Waals surface area contributed by atoms with E-state index in [1.165, 1.54) is 26.4 Å². The fourth-order valence-corrected chi connectivity index (χ4v) is 5.21. The van der Waals surface area contributed by atoms with Crippen LogP contribution in [0.4, 0.5) is 0 Å². The van der Waals surface area contributed by atoms with Crippen molar-refractivity contribution in [1.29, 1.82) is 0 Å². The van der Waals surface area contributed by atoms with Gasteiger partial charge in [0.2, 0.25) is 0 Å². The van der Waals surface area contributed by atoms with Gasteiger partial charge in [0.15, 0.2) is 0 Å². The lowest BCUT2D eigenvalue weighted by Gasteiger charge is -2.12. The number of fused-ring (bicyclic) bond motifs is 2. The molecule has 0 aliphatic carbocycles. The van der Waals surface area contributed by atoms with Crippen molar-refractivity contribution in [3.8, 4) is 0 Å². The van der Waals surface area contributed by atoms with Crippen molar-refractivity contribution in [2.24, 2.45) is 0 Å². The third kappa shape index (κ3) is 3.72. The number of aryl methyl sites for hydroxylation is 3. The summed E-state index contributed by atoms with van der Waals surface area (Å²) in [6.07, 6.45) is 2.23. The van der Waals surface area contributed by atoms with Gasteiger partial charge in [0.1, 0.15) is 10.5 Å². The number of rotatable bonds is 5. The van der Waals surface area contributed by atoms with E-state index in [4.69, 9.17) is 0 Å². The SMILES string of the molecule is Cc1sc2c(c1C)c(=O)n(CCc1ccccc1)c(=O)n2Cc1cc(=O)n2ccccc2n1. The summed E-state index contributed by atoms with van der Waals surface area (Å²) in [5.41, 5.74) is 2.06. The molecular formula is C25H22N4O3S. The summed E-state index contributed by atoms with van der Waals surface area (Å²) in [5.74, 6) is 0. The molecule has 0 amide bonds. The second kappa shape index (κ2) is 8.29. The predicted molar refractivity (Wildman–Crippen MR) is 131 cm³/mol. The van der Waals surface area contributed by atoms with Gasteiger partial charge in [-0.1, -0.05) is 36.4 Å². The molecule has 0 aliphatic rings. The fourth-order valence-electron chi connectivity index (χ4n) is 4.07. The van der Waals surface area contributed by atoms with Crippen molar-refractivity contribution >= 4 is 27.2 Å².